The molecule has 214 valence electrons. The molecule has 1 aromatic carbocycles. The van der Waals surface area contributed by atoms with Gasteiger partial charge in [0.25, 0.3) is 11.8 Å². The summed E-state index contributed by atoms with van der Waals surface area (Å²) in [6.45, 7) is 4.70. The van der Waals surface area contributed by atoms with E-state index < -0.39 is 5.91 Å². The molecule has 0 spiro atoms. The molecule has 2 amide bonds. The molecule has 7 rings (SSSR count). The van der Waals surface area contributed by atoms with E-state index in [1.54, 1.807) is 11.7 Å². The maximum absolute atomic E-state index is 13.7. The Kier molecular flexibility index (Phi) is 6.81. The van der Waals surface area contributed by atoms with E-state index in [2.05, 4.69) is 25.1 Å². The number of carbonyl (C=O) groups is 2. The van der Waals surface area contributed by atoms with Crippen molar-refractivity contribution >= 4 is 56.0 Å². The molecular formula is C27H26N10O4S. The van der Waals surface area contributed by atoms with Crippen LogP contribution in [0.5, 0.6) is 0 Å². The molecule has 0 unspecified atom stereocenters. The summed E-state index contributed by atoms with van der Waals surface area (Å²) in [5.74, 6) is 1.13. The molecule has 0 atom stereocenters. The predicted octanol–water partition coefficient (Wildman–Crippen LogP) is 1.94. The molecule has 0 saturated carbocycles. The fraction of sp³-hybridized carbons (Fsp3) is 0.296. The van der Waals surface area contributed by atoms with E-state index >= 15 is 0 Å². The Morgan fingerprint density at radius 3 is 2.52 bits per heavy atom. The topological polar surface area (TPSA) is 166 Å². The first-order valence-electron chi connectivity index (χ1n) is 13.5. The molecule has 5 aromatic rings. The molecule has 6 heterocycles. The highest BCUT2D eigenvalue weighted by atomic mass is 32.1. The Morgan fingerprint density at radius 1 is 0.976 bits per heavy atom. The molecule has 2 aliphatic rings. The monoisotopic (exact) mass is 586 g/mol. The average Bonchev–Trinajstić information content (AvgIpc) is 3.72. The van der Waals surface area contributed by atoms with Gasteiger partial charge >= 0.3 is 0 Å². The minimum atomic E-state index is -0.674. The van der Waals surface area contributed by atoms with Crippen LogP contribution in [0.2, 0.25) is 0 Å². The summed E-state index contributed by atoms with van der Waals surface area (Å²) >= 11 is 1.42. The number of aromatic nitrogens is 6. The Morgan fingerprint density at radius 2 is 1.76 bits per heavy atom. The second-order valence-corrected chi connectivity index (χ2v) is 11.0. The third-order valence-corrected chi connectivity index (χ3v) is 8.56. The summed E-state index contributed by atoms with van der Waals surface area (Å²) in [7, 11) is 0. The second kappa shape index (κ2) is 10.9. The molecule has 42 heavy (non-hydrogen) atoms. The Bertz CT molecular complexity index is 1780. The number of H-pyrrole nitrogens is 1. The van der Waals surface area contributed by atoms with Crippen molar-refractivity contribution in [1.29, 1.82) is 0 Å². The number of carbonyl (C=O) groups excluding carboxylic acids is 2. The van der Waals surface area contributed by atoms with Crippen LogP contribution >= 0.6 is 11.3 Å². The van der Waals surface area contributed by atoms with Gasteiger partial charge in [0.05, 0.1) is 45.6 Å². The van der Waals surface area contributed by atoms with Gasteiger partial charge in [0.15, 0.2) is 11.6 Å². The van der Waals surface area contributed by atoms with E-state index in [4.69, 9.17) is 19.9 Å². The highest BCUT2D eigenvalue weighted by Crippen LogP contribution is 2.36. The molecular weight excluding hydrogens is 560 g/mol. The minimum absolute atomic E-state index is 0.0556. The van der Waals surface area contributed by atoms with E-state index in [1.165, 1.54) is 23.7 Å². The SMILES string of the molecule is O=C(NO)c1cnc(N2CCN(C(=O)c3cc4nc(-c5cccc6[nH]ncc56)nc(N5CCOCC5)c4s3)CC2)nc1. The maximum atomic E-state index is 13.7. The summed E-state index contributed by atoms with van der Waals surface area (Å²) in [6.07, 6.45) is 4.49. The number of piperazine rings is 1. The molecule has 0 bridgehead atoms. The van der Waals surface area contributed by atoms with Crippen molar-refractivity contribution in [3.8, 4) is 11.4 Å². The number of anilines is 2. The lowest BCUT2D eigenvalue weighted by atomic mass is 10.1. The van der Waals surface area contributed by atoms with Crippen molar-refractivity contribution in [3.63, 3.8) is 0 Å². The van der Waals surface area contributed by atoms with Crippen molar-refractivity contribution in [2.45, 2.75) is 0 Å². The van der Waals surface area contributed by atoms with Crippen molar-refractivity contribution in [3.05, 3.63) is 53.3 Å². The van der Waals surface area contributed by atoms with Gasteiger partial charge < -0.3 is 19.4 Å². The smallest absolute Gasteiger partial charge is 0.277 e. The number of amides is 2. The number of ether oxygens (including phenoxy) is 1. The van der Waals surface area contributed by atoms with Crippen LogP contribution in [-0.4, -0.2) is 105 Å². The van der Waals surface area contributed by atoms with Crippen LogP contribution in [0.3, 0.4) is 0 Å². The van der Waals surface area contributed by atoms with Crippen molar-refractivity contribution < 1.29 is 19.5 Å². The van der Waals surface area contributed by atoms with E-state index in [0.717, 1.165) is 32.5 Å². The third-order valence-electron chi connectivity index (χ3n) is 7.45. The predicted molar refractivity (Wildman–Crippen MR) is 155 cm³/mol. The Balaban J connectivity index is 1.16. The van der Waals surface area contributed by atoms with Crippen LogP contribution in [0.25, 0.3) is 32.5 Å². The van der Waals surface area contributed by atoms with Gasteiger partial charge in [-0.3, -0.25) is 19.9 Å². The molecule has 2 aliphatic heterocycles. The summed E-state index contributed by atoms with van der Waals surface area (Å²) in [4.78, 5) is 50.2. The van der Waals surface area contributed by atoms with Gasteiger partial charge in [-0.05, 0) is 12.1 Å². The first kappa shape index (κ1) is 26.2. The summed E-state index contributed by atoms with van der Waals surface area (Å²) < 4.78 is 6.46. The number of hydroxylamine groups is 1. The van der Waals surface area contributed by atoms with Crippen molar-refractivity contribution in [2.75, 3.05) is 62.3 Å². The van der Waals surface area contributed by atoms with Crippen molar-refractivity contribution in [1.82, 2.24) is 40.5 Å². The molecule has 0 aliphatic carbocycles. The van der Waals surface area contributed by atoms with Gasteiger partial charge in [-0.15, -0.1) is 11.3 Å². The summed E-state index contributed by atoms with van der Waals surface area (Å²) in [5, 5.41) is 16.9. The number of aromatic amines is 1. The molecule has 15 heteroatoms. The number of hydrogen-bond donors (Lipinski definition) is 3. The van der Waals surface area contributed by atoms with Gasteiger partial charge in [-0.2, -0.15) is 5.10 Å². The zero-order valence-electron chi connectivity index (χ0n) is 22.4. The largest absolute Gasteiger partial charge is 0.378 e. The maximum Gasteiger partial charge on any atom is 0.277 e. The number of fused-ring (bicyclic) bond motifs is 2. The number of rotatable bonds is 5. The first-order valence-corrected chi connectivity index (χ1v) is 14.3. The van der Waals surface area contributed by atoms with E-state index in [-0.39, 0.29) is 11.5 Å². The van der Waals surface area contributed by atoms with Crippen LogP contribution < -0.4 is 15.3 Å². The Hall–Kier alpha value is -4.73. The Labute approximate surface area is 242 Å². The van der Waals surface area contributed by atoms with Crippen LogP contribution in [0.1, 0.15) is 20.0 Å². The molecule has 2 fully saturated rings. The van der Waals surface area contributed by atoms with E-state index in [1.807, 2.05) is 34.1 Å². The fourth-order valence-corrected chi connectivity index (χ4v) is 6.31. The molecule has 4 aromatic heterocycles. The quantitative estimate of drug-likeness (QED) is 0.204. The molecule has 0 radical (unpaired) electrons. The highest BCUT2D eigenvalue weighted by Gasteiger charge is 2.27. The molecule has 3 N–H and O–H groups in total. The number of nitrogens with zero attached hydrogens (tertiary/aromatic N) is 8. The lowest BCUT2D eigenvalue weighted by molar-refractivity contribution is 0.0704. The minimum Gasteiger partial charge on any atom is -0.378 e. The third kappa shape index (κ3) is 4.76. The zero-order valence-corrected chi connectivity index (χ0v) is 23.2. The summed E-state index contributed by atoms with van der Waals surface area (Å²) in [6, 6.07) is 7.77. The van der Waals surface area contributed by atoms with E-state index in [0.29, 0.717) is 69.1 Å². The number of morpholine rings is 1. The van der Waals surface area contributed by atoms with Crippen LogP contribution in [0, 0.1) is 0 Å². The van der Waals surface area contributed by atoms with Crippen molar-refractivity contribution in [2.24, 2.45) is 0 Å². The lowest BCUT2D eigenvalue weighted by Crippen LogP contribution is -2.49. The van der Waals surface area contributed by atoms with Gasteiger partial charge in [-0.1, -0.05) is 12.1 Å². The van der Waals surface area contributed by atoms with Gasteiger partial charge in [0, 0.05) is 62.6 Å². The fourth-order valence-electron chi connectivity index (χ4n) is 5.23. The number of benzene rings is 1. The van der Waals surface area contributed by atoms with Crippen LogP contribution in [0.4, 0.5) is 11.8 Å². The first-order chi connectivity index (χ1) is 20.6. The van der Waals surface area contributed by atoms with Crippen LogP contribution in [-0.2, 0) is 4.74 Å². The van der Waals surface area contributed by atoms with Crippen LogP contribution in [0.15, 0.2) is 42.9 Å². The number of thiophene rings is 1. The van der Waals surface area contributed by atoms with E-state index in [9.17, 15) is 9.59 Å². The highest BCUT2D eigenvalue weighted by molar-refractivity contribution is 7.21. The lowest BCUT2D eigenvalue weighted by Gasteiger charge is -2.34. The molecule has 14 nitrogen and oxygen atoms in total. The average molecular weight is 587 g/mol. The zero-order chi connectivity index (χ0) is 28.6. The standard InChI is InChI=1S/C27H26N10O4S/c38-25(34-40)16-13-28-27(29-14-16)37-6-4-36(5-7-37)26(39)21-12-20-22(42-21)24(35-8-10-41-11-9-35)32-23(31-20)17-2-1-3-19-18(17)15-30-33-19/h1-3,12-15,40H,4-11H2,(H,30,33)(H,34,38). The second-order valence-electron chi connectivity index (χ2n) is 9.92. The summed E-state index contributed by atoms with van der Waals surface area (Å²) in [5.41, 5.74) is 4.23. The van der Waals surface area contributed by atoms with Gasteiger partial charge in [0.2, 0.25) is 5.95 Å². The number of nitrogens with one attached hydrogen (secondary N) is 2. The normalized spacial score (nSPS) is 15.9. The van der Waals surface area contributed by atoms with Gasteiger partial charge in [-0.25, -0.2) is 25.4 Å². The molecule has 2 saturated heterocycles. The number of hydrogen-bond acceptors (Lipinski definition) is 12. The van der Waals surface area contributed by atoms with Gasteiger partial charge in [0.1, 0.15) is 0 Å².